The summed E-state index contributed by atoms with van der Waals surface area (Å²) in [6.45, 7) is 0. The highest BCUT2D eigenvalue weighted by molar-refractivity contribution is 6.01. The molecule has 6 heteroatoms. The van der Waals surface area contributed by atoms with Crippen molar-refractivity contribution in [2.24, 2.45) is 5.16 Å². The van der Waals surface area contributed by atoms with E-state index < -0.39 is 17.6 Å². The van der Waals surface area contributed by atoms with Gasteiger partial charge in [-0.25, -0.2) is 8.78 Å². The number of rotatable bonds is 5. The molecule has 0 aliphatic rings. The highest BCUT2D eigenvalue weighted by atomic mass is 19.1. The molecule has 22 heavy (non-hydrogen) atoms. The smallest absolute Gasteiger partial charge is 0.303 e. The zero-order valence-electron chi connectivity index (χ0n) is 11.5. The fourth-order valence-electron chi connectivity index (χ4n) is 2.06. The fraction of sp³-hybridized carbons (Fsp3) is 0.125. The Balaban J connectivity index is 2.31. The molecular formula is C16H13F2NO3. The zero-order valence-corrected chi connectivity index (χ0v) is 11.5. The molecule has 0 fully saturated rings. The SMILES string of the molecule is O=C(O)CC/C(=N\O)c1ccc(-c2cccc(F)c2)cc1F. The summed E-state index contributed by atoms with van der Waals surface area (Å²) in [4.78, 5) is 10.5. The van der Waals surface area contributed by atoms with E-state index in [0.29, 0.717) is 11.1 Å². The van der Waals surface area contributed by atoms with Gasteiger partial charge in [-0.15, -0.1) is 0 Å². The Morgan fingerprint density at radius 3 is 2.36 bits per heavy atom. The minimum absolute atomic E-state index is 0.0175. The molecule has 0 bridgehead atoms. The number of hydrogen-bond donors (Lipinski definition) is 2. The van der Waals surface area contributed by atoms with E-state index in [0.717, 1.165) is 0 Å². The molecule has 0 heterocycles. The Hall–Kier alpha value is -2.76. The molecule has 2 aromatic carbocycles. The van der Waals surface area contributed by atoms with Gasteiger partial charge in [-0.1, -0.05) is 23.4 Å². The van der Waals surface area contributed by atoms with E-state index in [1.165, 1.54) is 30.3 Å². The Labute approximate surface area is 125 Å². The lowest BCUT2D eigenvalue weighted by molar-refractivity contribution is -0.136. The van der Waals surface area contributed by atoms with E-state index in [2.05, 4.69) is 5.16 Å². The predicted molar refractivity (Wildman–Crippen MR) is 77.0 cm³/mol. The van der Waals surface area contributed by atoms with Crippen molar-refractivity contribution in [3.8, 4) is 11.1 Å². The van der Waals surface area contributed by atoms with Crippen LogP contribution in [0.2, 0.25) is 0 Å². The van der Waals surface area contributed by atoms with E-state index in [-0.39, 0.29) is 24.1 Å². The van der Waals surface area contributed by atoms with E-state index >= 15 is 0 Å². The molecule has 0 saturated heterocycles. The third-order valence-electron chi connectivity index (χ3n) is 3.13. The van der Waals surface area contributed by atoms with E-state index in [1.807, 2.05) is 0 Å². The summed E-state index contributed by atoms with van der Waals surface area (Å²) in [5.74, 6) is -2.17. The van der Waals surface area contributed by atoms with Crippen LogP contribution < -0.4 is 0 Å². The van der Waals surface area contributed by atoms with Gasteiger partial charge in [0.2, 0.25) is 0 Å². The van der Waals surface area contributed by atoms with Crippen LogP contribution in [0, 0.1) is 11.6 Å². The van der Waals surface area contributed by atoms with Crippen molar-refractivity contribution < 1.29 is 23.9 Å². The van der Waals surface area contributed by atoms with Crippen molar-refractivity contribution in [1.29, 1.82) is 0 Å². The number of benzene rings is 2. The standard InChI is InChI=1S/C16H13F2NO3/c17-12-3-1-2-10(8-12)11-4-5-13(14(18)9-11)15(19-22)6-7-16(20)21/h1-5,8-9,22H,6-7H2,(H,20,21)/b19-15+. The van der Waals surface area contributed by atoms with E-state index in [9.17, 15) is 13.6 Å². The Morgan fingerprint density at radius 2 is 1.77 bits per heavy atom. The van der Waals surface area contributed by atoms with Crippen molar-refractivity contribution in [2.75, 3.05) is 0 Å². The summed E-state index contributed by atoms with van der Waals surface area (Å²) in [5, 5.41) is 20.5. The van der Waals surface area contributed by atoms with Crippen molar-refractivity contribution in [2.45, 2.75) is 12.8 Å². The predicted octanol–water partition coefficient (Wildman–Crippen LogP) is 3.67. The quantitative estimate of drug-likeness (QED) is 0.503. The average Bonchev–Trinajstić information content (AvgIpc) is 2.48. The van der Waals surface area contributed by atoms with Crippen molar-refractivity contribution in [1.82, 2.24) is 0 Å². The normalized spacial score (nSPS) is 11.5. The van der Waals surface area contributed by atoms with Crippen LogP contribution in [-0.4, -0.2) is 22.0 Å². The molecule has 0 aliphatic heterocycles. The zero-order chi connectivity index (χ0) is 16.1. The van der Waals surface area contributed by atoms with Gasteiger partial charge in [-0.2, -0.15) is 0 Å². The highest BCUT2D eigenvalue weighted by Gasteiger charge is 2.13. The van der Waals surface area contributed by atoms with Gasteiger partial charge in [0.05, 0.1) is 12.1 Å². The summed E-state index contributed by atoms with van der Waals surface area (Å²) in [6, 6.07) is 9.85. The minimum Gasteiger partial charge on any atom is -0.481 e. The van der Waals surface area contributed by atoms with Crippen molar-refractivity contribution in [3.05, 3.63) is 59.7 Å². The van der Waals surface area contributed by atoms with Gasteiger partial charge in [-0.05, 0) is 35.4 Å². The van der Waals surface area contributed by atoms with E-state index in [1.54, 1.807) is 12.1 Å². The van der Waals surface area contributed by atoms with Gasteiger partial charge in [0.1, 0.15) is 11.6 Å². The molecule has 0 amide bonds. The van der Waals surface area contributed by atoms with Crippen LogP contribution in [0.5, 0.6) is 0 Å². The number of halogens is 2. The van der Waals surface area contributed by atoms with Crippen molar-refractivity contribution >= 4 is 11.7 Å². The summed E-state index contributed by atoms with van der Waals surface area (Å²) in [6.07, 6.45) is -0.369. The number of aliphatic carboxylic acids is 1. The summed E-state index contributed by atoms with van der Waals surface area (Å²) >= 11 is 0. The van der Waals surface area contributed by atoms with Crippen LogP contribution in [0.4, 0.5) is 8.78 Å². The molecule has 4 nitrogen and oxygen atoms in total. The first kappa shape index (κ1) is 15.6. The highest BCUT2D eigenvalue weighted by Crippen LogP contribution is 2.23. The Morgan fingerprint density at radius 1 is 1.05 bits per heavy atom. The molecule has 0 spiro atoms. The molecule has 0 radical (unpaired) electrons. The van der Waals surface area contributed by atoms with Gasteiger partial charge in [0.25, 0.3) is 0 Å². The number of carbonyl (C=O) groups is 1. The average molecular weight is 305 g/mol. The van der Waals surface area contributed by atoms with E-state index in [4.69, 9.17) is 10.3 Å². The molecule has 2 N–H and O–H groups in total. The first-order valence-electron chi connectivity index (χ1n) is 6.50. The molecule has 114 valence electrons. The molecule has 0 aliphatic carbocycles. The fourth-order valence-corrected chi connectivity index (χ4v) is 2.06. The first-order valence-corrected chi connectivity index (χ1v) is 6.50. The number of nitrogens with zero attached hydrogens (tertiary/aromatic N) is 1. The maximum Gasteiger partial charge on any atom is 0.303 e. The lowest BCUT2D eigenvalue weighted by atomic mass is 9.99. The number of hydrogen-bond acceptors (Lipinski definition) is 3. The van der Waals surface area contributed by atoms with Crippen LogP contribution in [0.3, 0.4) is 0 Å². The molecular weight excluding hydrogens is 292 g/mol. The van der Waals surface area contributed by atoms with Crippen LogP contribution in [0.25, 0.3) is 11.1 Å². The second kappa shape index (κ2) is 6.80. The number of oxime groups is 1. The minimum atomic E-state index is -1.07. The third-order valence-corrected chi connectivity index (χ3v) is 3.13. The van der Waals surface area contributed by atoms with Crippen LogP contribution in [-0.2, 0) is 4.79 Å². The monoisotopic (exact) mass is 305 g/mol. The van der Waals surface area contributed by atoms with Gasteiger partial charge >= 0.3 is 5.97 Å². The molecule has 0 atom stereocenters. The first-order chi connectivity index (χ1) is 10.5. The summed E-state index contributed by atoms with van der Waals surface area (Å²) in [5.41, 5.74) is 0.948. The number of carboxylic acids is 1. The maximum absolute atomic E-state index is 14.2. The third kappa shape index (κ3) is 3.66. The van der Waals surface area contributed by atoms with Gasteiger partial charge in [-0.3, -0.25) is 4.79 Å². The molecule has 0 aromatic heterocycles. The van der Waals surface area contributed by atoms with Crippen LogP contribution in [0.1, 0.15) is 18.4 Å². The van der Waals surface area contributed by atoms with Gasteiger partial charge in [0.15, 0.2) is 0 Å². The second-order valence-corrected chi connectivity index (χ2v) is 4.65. The van der Waals surface area contributed by atoms with Gasteiger partial charge < -0.3 is 10.3 Å². The second-order valence-electron chi connectivity index (χ2n) is 4.65. The summed E-state index contributed by atoms with van der Waals surface area (Å²) < 4.78 is 27.4. The topological polar surface area (TPSA) is 69.9 Å². The Bertz CT molecular complexity index is 729. The largest absolute Gasteiger partial charge is 0.481 e. The number of carboxylic acid groups (broad SMARTS) is 1. The molecule has 0 saturated carbocycles. The lowest BCUT2D eigenvalue weighted by Crippen LogP contribution is -2.07. The molecule has 2 rings (SSSR count). The maximum atomic E-state index is 14.2. The van der Waals surface area contributed by atoms with Crippen LogP contribution >= 0.6 is 0 Å². The molecule has 0 unspecified atom stereocenters. The van der Waals surface area contributed by atoms with Crippen molar-refractivity contribution in [3.63, 3.8) is 0 Å². The van der Waals surface area contributed by atoms with Gasteiger partial charge in [0, 0.05) is 12.0 Å². The molecule has 2 aromatic rings. The Kier molecular flexibility index (Phi) is 4.83. The van der Waals surface area contributed by atoms with Crippen LogP contribution in [0.15, 0.2) is 47.6 Å². The summed E-state index contributed by atoms with van der Waals surface area (Å²) in [7, 11) is 0. The lowest BCUT2D eigenvalue weighted by Gasteiger charge is -2.08.